The molecule has 0 spiro atoms. The number of hydrogen-bond donors (Lipinski definition) is 2. The summed E-state index contributed by atoms with van der Waals surface area (Å²) in [4.78, 5) is 0. The predicted octanol–water partition coefficient (Wildman–Crippen LogP) is 3.79. The third-order valence-corrected chi connectivity index (χ3v) is 3.33. The van der Waals surface area contributed by atoms with Gasteiger partial charge in [0, 0.05) is 6.42 Å². The van der Waals surface area contributed by atoms with Crippen molar-refractivity contribution in [2.45, 2.75) is 25.0 Å². The first-order valence-corrected chi connectivity index (χ1v) is 7.37. The lowest BCUT2D eigenvalue weighted by atomic mass is 10.1. The molecule has 0 aromatic heterocycles. The van der Waals surface area contributed by atoms with Crippen molar-refractivity contribution in [1.29, 1.82) is 0 Å². The fraction of sp³-hybridized carbons (Fsp3) is 0.200. The first kappa shape index (κ1) is 16.0. The van der Waals surface area contributed by atoms with Gasteiger partial charge in [0.05, 0.1) is 12.2 Å². The van der Waals surface area contributed by atoms with Gasteiger partial charge in [-0.15, -0.1) is 0 Å². The molecule has 0 fully saturated rings. The van der Waals surface area contributed by atoms with Crippen LogP contribution in [-0.2, 0) is 0 Å². The smallest absolute Gasteiger partial charge is 0.0899 e. The minimum absolute atomic E-state index is 0.398. The molecule has 0 aliphatic heterocycles. The molecule has 0 aliphatic rings. The highest BCUT2D eigenvalue weighted by molar-refractivity contribution is 5.22. The third-order valence-electron chi connectivity index (χ3n) is 3.33. The molecule has 0 saturated carbocycles. The Morgan fingerprint density at radius 1 is 0.818 bits per heavy atom. The van der Waals surface area contributed by atoms with Crippen LogP contribution in [0.4, 0.5) is 0 Å². The molecule has 2 N–H and O–H groups in total. The SMILES string of the molecule is OC(CC#C/C=C/CC(O)c1ccccc1)c1ccccc1. The van der Waals surface area contributed by atoms with Crippen molar-refractivity contribution in [3.8, 4) is 11.8 Å². The Kier molecular flexibility index (Phi) is 6.44. The van der Waals surface area contributed by atoms with Gasteiger partial charge in [-0.1, -0.05) is 78.6 Å². The molecule has 0 amide bonds. The van der Waals surface area contributed by atoms with E-state index < -0.39 is 12.2 Å². The first-order chi connectivity index (χ1) is 10.8. The second-order valence-electron chi connectivity index (χ2n) is 5.02. The van der Waals surface area contributed by atoms with E-state index in [0.717, 1.165) is 11.1 Å². The van der Waals surface area contributed by atoms with Gasteiger partial charge in [0.2, 0.25) is 0 Å². The van der Waals surface area contributed by atoms with Gasteiger partial charge in [-0.05, 0) is 23.6 Å². The molecule has 2 rings (SSSR count). The van der Waals surface area contributed by atoms with Gasteiger partial charge < -0.3 is 10.2 Å². The average molecular weight is 292 g/mol. The summed E-state index contributed by atoms with van der Waals surface area (Å²) in [6.45, 7) is 0. The molecule has 2 atom stereocenters. The predicted molar refractivity (Wildman–Crippen MR) is 89.0 cm³/mol. The van der Waals surface area contributed by atoms with E-state index in [2.05, 4.69) is 11.8 Å². The fourth-order valence-corrected chi connectivity index (χ4v) is 2.07. The van der Waals surface area contributed by atoms with Gasteiger partial charge in [-0.3, -0.25) is 0 Å². The van der Waals surface area contributed by atoms with E-state index in [9.17, 15) is 10.2 Å². The number of allylic oxidation sites excluding steroid dienone is 1. The lowest BCUT2D eigenvalue weighted by Gasteiger charge is -2.06. The van der Waals surface area contributed by atoms with Crippen molar-refractivity contribution in [3.63, 3.8) is 0 Å². The lowest BCUT2D eigenvalue weighted by Crippen LogP contribution is -1.95. The molecule has 22 heavy (non-hydrogen) atoms. The Morgan fingerprint density at radius 3 is 1.95 bits per heavy atom. The van der Waals surface area contributed by atoms with Crippen molar-refractivity contribution in [2.75, 3.05) is 0 Å². The monoisotopic (exact) mass is 292 g/mol. The van der Waals surface area contributed by atoms with Crippen LogP contribution in [0.15, 0.2) is 72.8 Å². The van der Waals surface area contributed by atoms with Crippen LogP contribution in [0.3, 0.4) is 0 Å². The van der Waals surface area contributed by atoms with Crippen LogP contribution in [0.1, 0.15) is 36.2 Å². The molecular formula is C20H20O2. The highest BCUT2D eigenvalue weighted by Gasteiger charge is 2.04. The Labute approximate surface area is 131 Å². The summed E-state index contributed by atoms with van der Waals surface area (Å²) < 4.78 is 0. The summed E-state index contributed by atoms with van der Waals surface area (Å²) in [6, 6.07) is 19.0. The second kappa shape index (κ2) is 8.84. The molecular weight excluding hydrogens is 272 g/mol. The lowest BCUT2D eigenvalue weighted by molar-refractivity contribution is 0.181. The van der Waals surface area contributed by atoms with E-state index in [1.165, 1.54) is 0 Å². The quantitative estimate of drug-likeness (QED) is 0.823. The topological polar surface area (TPSA) is 40.5 Å². The zero-order chi connectivity index (χ0) is 15.6. The summed E-state index contributed by atoms with van der Waals surface area (Å²) in [5.41, 5.74) is 1.78. The zero-order valence-electron chi connectivity index (χ0n) is 12.4. The molecule has 2 unspecified atom stereocenters. The van der Waals surface area contributed by atoms with Crippen LogP contribution in [0.2, 0.25) is 0 Å². The number of rotatable bonds is 5. The summed E-state index contributed by atoms with van der Waals surface area (Å²) in [5, 5.41) is 19.9. The van der Waals surface area contributed by atoms with E-state index in [1.807, 2.05) is 66.7 Å². The van der Waals surface area contributed by atoms with Gasteiger partial charge in [0.1, 0.15) is 0 Å². The minimum Gasteiger partial charge on any atom is -0.388 e. The van der Waals surface area contributed by atoms with Crippen LogP contribution < -0.4 is 0 Å². The number of hydrogen-bond acceptors (Lipinski definition) is 2. The van der Waals surface area contributed by atoms with E-state index in [4.69, 9.17) is 0 Å². The third kappa shape index (κ3) is 5.21. The van der Waals surface area contributed by atoms with Crippen molar-refractivity contribution in [2.24, 2.45) is 0 Å². The van der Waals surface area contributed by atoms with Crippen molar-refractivity contribution in [3.05, 3.63) is 83.9 Å². The van der Waals surface area contributed by atoms with E-state index in [1.54, 1.807) is 6.08 Å². The summed E-state index contributed by atoms with van der Waals surface area (Å²) in [5.74, 6) is 5.82. The van der Waals surface area contributed by atoms with Crippen molar-refractivity contribution >= 4 is 0 Å². The van der Waals surface area contributed by atoms with Gasteiger partial charge >= 0.3 is 0 Å². The maximum atomic E-state index is 9.97. The summed E-state index contributed by atoms with van der Waals surface area (Å²) in [7, 11) is 0. The van der Waals surface area contributed by atoms with Crippen LogP contribution >= 0.6 is 0 Å². The van der Waals surface area contributed by atoms with E-state index in [0.29, 0.717) is 12.8 Å². The van der Waals surface area contributed by atoms with Crippen molar-refractivity contribution in [1.82, 2.24) is 0 Å². The fourth-order valence-electron chi connectivity index (χ4n) is 2.07. The minimum atomic E-state index is -0.558. The Morgan fingerprint density at radius 2 is 1.36 bits per heavy atom. The van der Waals surface area contributed by atoms with E-state index >= 15 is 0 Å². The largest absolute Gasteiger partial charge is 0.388 e. The molecule has 0 heterocycles. The number of aliphatic hydroxyl groups is 2. The van der Waals surface area contributed by atoms with Crippen LogP contribution in [0, 0.1) is 11.8 Å². The summed E-state index contributed by atoms with van der Waals surface area (Å²) >= 11 is 0. The highest BCUT2D eigenvalue weighted by atomic mass is 16.3. The van der Waals surface area contributed by atoms with Crippen LogP contribution in [-0.4, -0.2) is 10.2 Å². The summed E-state index contributed by atoms with van der Waals surface area (Å²) in [6.07, 6.45) is 3.44. The maximum Gasteiger partial charge on any atom is 0.0899 e. The molecule has 0 saturated heterocycles. The molecule has 2 aromatic carbocycles. The van der Waals surface area contributed by atoms with Gasteiger partial charge in [0.25, 0.3) is 0 Å². The Bertz CT molecular complexity index is 636. The van der Waals surface area contributed by atoms with Gasteiger partial charge in [-0.2, -0.15) is 0 Å². The average Bonchev–Trinajstić information content (AvgIpc) is 2.59. The number of benzene rings is 2. The zero-order valence-corrected chi connectivity index (χ0v) is 12.4. The molecule has 2 aromatic rings. The Balaban J connectivity index is 1.76. The molecule has 112 valence electrons. The molecule has 0 bridgehead atoms. The van der Waals surface area contributed by atoms with Gasteiger partial charge in [-0.25, -0.2) is 0 Å². The Hall–Kier alpha value is -2.34. The highest BCUT2D eigenvalue weighted by Crippen LogP contribution is 2.16. The molecule has 2 nitrogen and oxygen atoms in total. The van der Waals surface area contributed by atoms with E-state index in [-0.39, 0.29) is 0 Å². The van der Waals surface area contributed by atoms with Crippen LogP contribution in [0.25, 0.3) is 0 Å². The number of aliphatic hydroxyl groups excluding tert-OH is 2. The van der Waals surface area contributed by atoms with Crippen molar-refractivity contribution < 1.29 is 10.2 Å². The molecule has 0 radical (unpaired) electrons. The second-order valence-corrected chi connectivity index (χ2v) is 5.02. The maximum absolute atomic E-state index is 9.97. The first-order valence-electron chi connectivity index (χ1n) is 7.37. The standard InChI is InChI=1S/C20H20O2/c21-19(17-11-5-3-6-12-17)15-9-1-2-10-16-20(22)18-13-7-4-8-14-18/h1,3-9,11-14,19-22H,15-16H2/b9-1+. The van der Waals surface area contributed by atoms with Gasteiger partial charge in [0.15, 0.2) is 0 Å². The van der Waals surface area contributed by atoms with Crippen LogP contribution in [0.5, 0.6) is 0 Å². The molecule has 0 aliphatic carbocycles. The molecule has 2 heteroatoms. The normalized spacial score (nSPS) is 13.4.